The van der Waals surface area contributed by atoms with E-state index in [2.05, 4.69) is 5.43 Å². The van der Waals surface area contributed by atoms with Crippen molar-refractivity contribution in [2.24, 2.45) is 23.7 Å². The fourth-order valence-corrected chi connectivity index (χ4v) is 9.65. The van der Waals surface area contributed by atoms with E-state index >= 15 is 4.79 Å². The van der Waals surface area contributed by atoms with Crippen LogP contribution in [0.2, 0.25) is 15.1 Å². The van der Waals surface area contributed by atoms with Crippen LogP contribution < -0.4 is 20.5 Å². The van der Waals surface area contributed by atoms with Gasteiger partial charge in [-0.05, 0) is 90.4 Å². The van der Waals surface area contributed by atoms with Crippen molar-refractivity contribution in [3.8, 4) is 11.5 Å². The van der Waals surface area contributed by atoms with Crippen molar-refractivity contribution in [2.75, 3.05) is 17.4 Å². The molecule has 6 unspecified atom stereocenters. The van der Waals surface area contributed by atoms with Gasteiger partial charge in [-0.2, -0.15) is 5.01 Å². The number of nitrogens with one attached hydrogen (secondary N) is 1. The number of aromatic hydroxyl groups is 1. The molecule has 54 heavy (non-hydrogen) atoms. The van der Waals surface area contributed by atoms with Crippen LogP contribution in [0.3, 0.4) is 0 Å². The summed E-state index contributed by atoms with van der Waals surface area (Å²) in [6.45, 7) is 0. The van der Waals surface area contributed by atoms with Gasteiger partial charge < -0.3 is 19.9 Å². The fraction of sp³-hybridized carbons (Fsp3) is 0.231. The quantitative estimate of drug-likeness (QED) is 0.112. The minimum Gasteiger partial charge on any atom is -0.508 e. The maximum atomic E-state index is 15.4. The number of benzene rings is 4. The molecule has 1 saturated carbocycles. The fourth-order valence-electron chi connectivity index (χ4n) is 9.02. The number of ether oxygens (including phenoxy) is 1. The molecular formula is C39H31BCl3N3O8. The molecule has 2 heterocycles. The molecule has 0 radical (unpaired) electrons. The minimum absolute atomic E-state index is 0.00376. The number of carbonyl (C=O) groups is 4. The maximum absolute atomic E-state index is 15.4. The summed E-state index contributed by atoms with van der Waals surface area (Å²) in [5.41, 5.74) is 3.10. The largest absolute Gasteiger partial charge is 0.508 e. The number of nitrogens with zero attached hydrogens (tertiary/aromatic N) is 2. The molecule has 2 saturated heterocycles. The van der Waals surface area contributed by atoms with Crippen LogP contribution in [0, 0.1) is 23.7 Å². The summed E-state index contributed by atoms with van der Waals surface area (Å²) in [6.07, 6.45) is 1.98. The van der Waals surface area contributed by atoms with Gasteiger partial charge in [-0.25, -0.2) is 0 Å². The molecule has 15 heteroatoms. The Morgan fingerprint density at radius 1 is 0.852 bits per heavy atom. The maximum Gasteiger partial charge on any atom is 0.488 e. The number of amides is 4. The molecule has 4 aromatic rings. The van der Waals surface area contributed by atoms with Gasteiger partial charge in [-0.15, -0.1) is 0 Å². The first-order chi connectivity index (χ1) is 25.9. The molecule has 274 valence electrons. The number of imide groups is 2. The Morgan fingerprint density at radius 3 is 2.28 bits per heavy atom. The van der Waals surface area contributed by atoms with Gasteiger partial charge in [0.05, 0.1) is 46.7 Å². The third-order valence-corrected chi connectivity index (χ3v) is 12.1. The molecule has 6 atom stereocenters. The Morgan fingerprint density at radius 2 is 1.57 bits per heavy atom. The molecular weight excluding hydrogens is 756 g/mol. The minimum atomic E-state index is -1.82. The van der Waals surface area contributed by atoms with Crippen molar-refractivity contribution in [3.05, 3.63) is 123 Å². The van der Waals surface area contributed by atoms with E-state index < -0.39 is 65.8 Å². The van der Waals surface area contributed by atoms with Crippen molar-refractivity contribution in [1.29, 1.82) is 0 Å². The van der Waals surface area contributed by atoms with Crippen LogP contribution in [0.4, 0.5) is 11.4 Å². The summed E-state index contributed by atoms with van der Waals surface area (Å²) < 4.78 is 5.43. The predicted molar refractivity (Wildman–Crippen MR) is 203 cm³/mol. The van der Waals surface area contributed by atoms with Crippen molar-refractivity contribution < 1.29 is 39.1 Å². The van der Waals surface area contributed by atoms with Gasteiger partial charge in [0, 0.05) is 21.5 Å². The van der Waals surface area contributed by atoms with Gasteiger partial charge in [-0.1, -0.05) is 70.7 Å². The molecule has 11 nitrogen and oxygen atoms in total. The monoisotopic (exact) mass is 785 g/mol. The summed E-state index contributed by atoms with van der Waals surface area (Å²) in [6, 6.07) is 21.8. The van der Waals surface area contributed by atoms with Crippen molar-refractivity contribution in [2.45, 2.75) is 24.2 Å². The molecule has 0 spiro atoms. The molecule has 2 aliphatic carbocycles. The van der Waals surface area contributed by atoms with E-state index in [4.69, 9.17) is 39.5 Å². The number of fused-ring (bicyclic) bond motifs is 4. The number of hydrazine groups is 1. The summed E-state index contributed by atoms with van der Waals surface area (Å²) in [5.74, 6) is -6.51. The lowest BCUT2D eigenvalue weighted by molar-refractivity contribution is -0.138. The molecule has 4 amide bonds. The number of halogens is 3. The van der Waals surface area contributed by atoms with Gasteiger partial charge in [0.25, 0.3) is 11.8 Å². The van der Waals surface area contributed by atoms with E-state index in [9.17, 15) is 29.5 Å². The van der Waals surface area contributed by atoms with Crippen LogP contribution in [0.5, 0.6) is 11.5 Å². The van der Waals surface area contributed by atoms with Crippen molar-refractivity contribution in [3.63, 3.8) is 0 Å². The Labute approximate surface area is 324 Å². The molecule has 4 aliphatic rings. The number of hydrogen-bond acceptors (Lipinski definition) is 9. The number of phenols is 1. The van der Waals surface area contributed by atoms with Gasteiger partial charge in [0.1, 0.15) is 11.5 Å². The first-order valence-electron chi connectivity index (χ1n) is 17.1. The van der Waals surface area contributed by atoms with E-state index in [1.165, 1.54) is 43.5 Å². The third kappa shape index (κ3) is 5.42. The SMILES string of the molecule is COc1ccc(C23C(=O)N(Nc4ccc(Cl)cc4Cl)C(=O)C2CC2C(=CCC4C(=O)N(c5cccc(B(O)O)c5)C(=O)C42)C3c2cc(Cl)ccc2O)cc1. The molecule has 2 aliphatic heterocycles. The molecule has 4 aromatic carbocycles. The second-order valence-corrected chi connectivity index (χ2v) is 15.2. The van der Waals surface area contributed by atoms with Gasteiger partial charge in [0.2, 0.25) is 11.8 Å². The van der Waals surface area contributed by atoms with Crippen LogP contribution in [0.15, 0.2) is 96.6 Å². The molecule has 8 rings (SSSR count). The summed E-state index contributed by atoms with van der Waals surface area (Å²) in [7, 11) is -0.316. The van der Waals surface area contributed by atoms with Crippen LogP contribution in [0.25, 0.3) is 0 Å². The highest BCUT2D eigenvalue weighted by Crippen LogP contribution is 2.65. The Balaban J connectivity index is 1.33. The number of rotatable bonds is 7. The third-order valence-electron chi connectivity index (χ3n) is 11.3. The van der Waals surface area contributed by atoms with E-state index in [-0.39, 0.29) is 51.0 Å². The first-order valence-corrected chi connectivity index (χ1v) is 18.3. The summed E-state index contributed by atoms with van der Waals surface area (Å²) >= 11 is 19.2. The van der Waals surface area contributed by atoms with Crippen LogP contribution in [0.1, 0.15) is 29.9 Å². The van der Waals surface area contributed by atoms with Gasteiger partial charge in [0.15, 0.2) is 0 Å². The predicted octanol–water partition coefficient (Wildman–Crippen LogP) is 5.23. The molecule has 4 N–H and O–H groups in total. The topological polar surface area (TPSA) is 157 Å². The first kappa shape index (κ1) is 36.1. The standard InChI is InChI=1S/C39H31BCl3N3O8/c1-54-24-9-5-19(6-10-24)39-29(36(49)46(38(39)51)44-31-13-7-22(42)17-30(31)43)18-27-25(34(39)28-16-21(41)8-14-32(28)47)11-12-26-33(27)37(50)45(35(26)48)23-4-2-3-20(15-23)40(52)53/h2-11,13-17,26-27,29,33-34,44,47,52-53H,12,18H2,1H3. The average molecular weight is 787 g/mol. The second kappa shape index (κ2) is 13.5. The zero-order chi connectivity index (χ0) is 38.2. The van der Waals surface area contributed by atoms with Crippen LogP contribution in [-0.4, -0.2) is 58.0 Å². The Kier molecular flexibility index (Phi) is 9.02. The van der Waals surface area contributed by atoms with E-state index in [1.807, 2.05) is 6.08 Å². The summed E-state index contributed by atoms with van der Waals surface area (Å²) in [4.78, 5) is 59.9. The van der Waals surface area contributed by atoms with Crippen molar-refractivity contribution >= 4 is 82.4 Å². The highest BCUT2D eigenvalue weighted by Gasteiger charge is 2.70. The Hall–Kier alpha value is -4.85. The number of anilines is 2. The highest BCUT2D eigenvalue weighted by atomic mass is 35.5. The van der Waals surface area contributed by atoms with Crippen LogP contribution in [-0.2, 0) is 24.6 Å². The zero-order valence-electron chi connectivity index (χ0n) is 28.4. The number of methoxy groups -OCH3 is 1. The Bertz CT molecular complexity index is 2290. The van der Waals surface area contributed by atoms with E-state index in [0.29, 0.717) is 21.9 Å². The lowest BCUT2D eigenvalue weighted by atomic mass is 9.49. The van der Waals surface area contributed by atoms with E-state index in [0.717, 1.165) is 9.91 Å². The second-order valence-electron chi connectivity index (χ2n) is 13.9. The number of carbonyl (C=O) groups excluding carboxylic acids is 4. The number of hydrogen-bond donors (Lipinski definition) is 4. The molecule has 0 aromatic heterocycles. The van der Waals surface area contributed by atoms with Crippen LogP contribution >= 0.6 is 34.8 Å². The lowest BCUT2D eigenvalue weighted by Crippen LogP contribution is -2.53. The smallest absolute Gasteiger partial charge is 0.488 e. The van der Waals surface area contributed by atoms with E-state index in [1.54, 1.807) is 48.5 Å². The number of phenolic OH excluding ortho intramolecular Hbond substituents is 1. The van der Waals surface area contributed by atoms with Gasteiger partial charge in [-0.3, -0.25) is 29.5 Å². The normalized spacial score (nSPS) is 26.0. The number of allylic oxidation sites excluding steroid dienone is 2. The summed E-state index contributed by atoms with van der Waals surface area (Å²) in [5, 5.41) is 32.9. The average Bonchev–Trinajstić information content (AvgIpc) is 3.54. The lowest BCUT2D eigenvalue weighted by Gasteiger charge is -2.50. The molecule has 3 fully saturated rings. The molecule has 0 bridgehead atoms. The highest BCUT2D eigenvalue weighted by molar-refractivity contribution is 6.58. The van der Waals surface area contributed by atoms with Gasteiger partial charge >= 0.3 is 7.12 Å². The van der Waals surface area contributed by atoms with Crippen molar-refractivity contribution in [1.82, 2.24) is 5.01 Å². The zero-order valence-corrected chi connectivity index (χ0v) is 30.7.